The van der Waals surface area contributed by atoms with Gasteiger partial charge >= 0.3 is 5.97 Å². The topological polar surface area (TPSA) is 209 Å². The van der Waals surface area contributed by atoms with Gasteiger partial charge in [-0.25, -0.2) is 4.79 Å². The number of rotatable bonds is 12. The maximum Gasteiger partial charge on any atom is 0.331 e. The Kier molecular flexibility index (Phi) is 10.3. The van der Waals surface area contributed by atoms with E-state index in [4.69, 9.17) is 11.5 Å². The molecule has 0 spiro atoms. The van der Waals surface area contributed by atoms with E-state index in [0.29, 0.717) is 30.5 Å². The first-order valence-electron chi connectivity index (χ1n) is 19.7. The van der Waals surface area contributed by atoms with E-state index in [2.05, 4.69) is 17.2 Å². The van der Waals surface area contributed by atoms with Crippen molar-refractivity contribution < 1.29 is 34.8 Å². The Morgan fingerprint density at radius 1 is 1.07 bits per heavy atom. The Morgan fingerprint density at radius 2 is 1.75 bits per heavy atom. The Balaban J connectivity index is 1.54. The second-order valence-electron chi connectivity index (χ2n) is 18.3. The summed E-state index contributed by atoms with van der Waals surface area (Å²) in [6.07, 6.45) is 8.71. The highest BCUT2D eigenvalue weighted by molar-refractivity contribution is 6.02. The second kappa shape index (κ2) is 13.9. The number of guanidine groups is 1. The molecule has 11 unspecified atom stereocenters. The molecule has 55 heavy (non-hydrogen) atoms. The molecule has 0 saturated heterocycles. The van der Waals surface area contributed by atoms with Gasteiger partial charge in [0.1, 0.15) is 11.4 Å². The van der Waals surface area contributed by atoms with Crippen molar-refractivity contribution >= 4 is 29.6 Å². The fourth-order valence-corrected chi connectivity index (χ4v) is 12.3. The van der Waals surface area contributed by atoms with Crippen LogP contribution in [-0.4, -0.2) is 81.4 Å². The van der Waals surface area contributed by atoms with E-state index in [1.165, 1.54) is 6.08 Å². The number of nitrogens with zero attached hydrogens (tertiary/aromatic N) is 1. The maximum atomic E-state index is 15.1. The molecule has 9 N–H and O–H groups in total. The van der Waals surface area contributed by atoms with Gasteiger partial charge in [0.15, 0.2) is 11.7 Å². The van der Waals surface area contributed by atoms with Gasteiger partial charge < -0.3 is 37.2 Å². The van der Waals surface area contributed by atoms with Gasteiger partial charge in [0.2, 0.25) is 0 Å². The molecule has 298 valence electrons. The zero-order valence-corrected chi connectivity index (χ0v) is 33.3. The van der Waals surface area contributed by atoms with E-state index in [-0.39, 0.29) is 48.9 Å². The van der Waals surface area contributed by atoms with Crippen molar-refractivity contribution in [3.63, 3.8) is 0 Å². The lowest BCUT2D eigenvalue weighted by Gasteiger charge is -2.68. The highest BCUT2D eigenvalue weighted by Crippen LogP contribution is 2.78. The number of aliphatic hydroxyl groups excluding tert-OH is 1. The molecule has 1 aromatic carbocycles. The standard InChI is InChI=1S/C44H60N4O7/c1-25(28(24-48-38(45)46)31(49)21-27(37(52)53)16-20-47-7)30-22-43(54)18-19-44(55)29(14-13-26-11-9-8-10-12-26)35-39(2,3)33(51)15-17-40(35,4)34-32(50)23-41(30,5)42(43,6)36(34)44/h8-14,18-19,21,25,28-31,35,47,49,54-55H,15-17,20,22-24H2,1-7H3,(H,52,53)(H4,45,46,48). The van der Waals surface area contributed by atoms with Gasteiger partial charge in [-0.05, 0) is 79.3 Å². The first kappa shape index (κ1) is 40.8. The van der Waals surface area contributed by atoms with Gasteiger partial charge in [-0.1, -0.05) is 90.1 Å². The van der Waals surface area contributed by atoms with E-state index in [0.717, 1.165) is 5.56 Å². The van der Waals surface area contributed by atoms with Crippen LogP contribution < -0.4 is 16.8 Å². The largest absolute Gasteiger partial charge is 0.478 e. The Labute approximate surface area is 324 Å². The van der Waals surface area contributed by atoms with E-state index in [1.807, 2.05) is 77.1 Å². The maximum absolute atomic E-state index is 15.1. The normalized spacial score (nSPS) is 38.0. The molecule has 0 amide bonds. The van der Waals surface area contributed by atoms with Gasteiger partial charge in [-0.3, -0.25) is 14.6 Å². The average molecular weight is 757 g/mol. The molecule has 11 heteroatoms. The zero-order chi connectivity index (χ0) is 40.5. The monoisotopic (exact) mass is 756 g/mol. The Bertz CT molecular complexity index is 1900. The number of carboxylic acid groups (broad SMARTS) is 1. The number of nitrogens with one attached hydrogen (secondary N) is 1. The van der Waals surface area contributed by atoms with Crippen LogP contribution in [0.3, 0.4) is 0 Å². The number of aliphatic imine (C=N–C) groups is 1. The fourth-order valence-electron chi connectivity index (χ4n) is 12.3. The number of Topliss-reactive ketones (excluding diaryl/α,β-unsaturated/α-hetero) is 2. The summed E-state index contributed by atoms with van der Waals surface area (Å²) in [5, 5.41) is 51.2. The summed E-state index contributed by atoms with van der Waals surface area (Å²) < 4.78 is 0. The van der Waals surface area contributed by atoms with Crippen molar-refractivity contribution in [2.75, 3.05) is 20.1 Å². The van der Waals surface area contributed by atoms with Gasteiger partial charge in [0, 0.05) is 58.6 Å². The average Bonchev–Trinajstić information content (AvgIpc) is 3.30. The highest BCUT2D eigenvalue weighted by atomic mass is 16.4. The van der Waals surface area contributed by atoms with Crippen molar-refractivity contribution in [2.24, 2.45) is 67.7 Å². The SMILES string of the molecule is CNCCC(=CC(O)C(CN=C(N)N)C(C)C1CC2(O)C=CC3(O)C4=C(C(=O)CC1(C)C42C)C1(C)CCC(=O)C(C)(C)C1C3C=Cc1ccccc1)C(=O)O. The molecular weight excluding hydrogens is 697 g/mol. The van der Waals surface area contributed by atoms with Crippen molar-refractivity contribution in [3.05, 3.63) is 76.9 Å². The van der Waals surface area contributed by atoms with Gasteiger partial charge in [-0.15, -0.1) is 0 Å². The minimum atomic E-state index is -1.71. The third-order valence-electron chi connectivity index (χ3n) is 15.2. The number of aliphatic hydroxyl groups is 3. The van der Waals surface area contributed by atoms with Crippen LogP contribution in [0.15, 0.2) is 76.3 Å². The molecule has 1 aromatic rings. The summed E-state index contributed by atoms with van der Waals surface area (Å²) in [6.45, 7) is 12.3. The molecule has 11 atom stereocenters. The smallest absolute Gasteiger partial charge is 0.331 e. The lowest BCUT2D eigenvalue weighted by Crippen LogP contribution is -2.69. The molecule has 0 aliphatic heterocycles. The summed E-state index contributed by atoms with van der Waals surface area (Å²) in [5.41, 5.74) is 6.68. The van der Waals surface area contributed by atoms with Crippen molar-refractivity contribution in [3.8, 4) is 0 Å². The molecule has 6 rings (SSSR count). The molecule has 2 fully saturated rings. The second-order valence-corrected chi connectivity index (χ2v) is 18.3. The first-order valence-corrected chi connectivity index (χ1v) is 19.7. The first-order chi connectivity index (χ1) is 25.6. The quantitative estimate of drug-likeness (QED) is 0.0701. The number of benzene rings is 1. The number of hydrogen-bond donors (Lipinski definition) is 7. The van der Waals surface area contributed by atoms with Crippen LogP contribution in [0.4, 0.5) is 0 Å². The van der Waals surface area contributed by atoms with E-state index in [1.54, 1.807) is 19.2 Å². The molecule has 0 bridgehead atoms. The van der Waals surface area contributed by atoms with Crippen LogP contribution in [0.1, 0.15) is 79.2 Å². The van der Waals surface area contributed by atoms with Crippen LogP contribution in [-0.2, 0) is 14.4 Å². The number of carbonyl (C=O) groups is 3. The molecule has 2 saturated carbocycles. The number of nitrogens with two attached hydrogens (primary N) is 2. The minimum Gasteiger partial charge on any atom is -0.478 e. The van der Waals surface area contributed by atoms with Crippen LogP contribution >= 0.6 is 0 Å². The van der Waals surface area contributed by atoms with Crippen LogP contribution in [0.25, 0.3) is 6.08 Å². The lowest BCUT2D eigenvalue weighted by molar-refractivity contribution is -0.162. The predicted octanol–water partition coefficient (Wildman–Crippen LogP) is 4.18. The summed E-state index contributed by atoms with van der Waals surface area (Å²) in [7, 11) is 1.72. The summed E-state index contributed by atoms with van der Waals surface area (Å²) in [4.78, 5) is 45.4. The van der Waals surface area contributed by atoms with Crippen LogP contribution in [0.2, 0.25) is 0 Å². The minimum absolute atomic E-state index is 0.0152. The predicted molar refractivity (Wildman–Crippen MR) is 212 cm³/mol. The fraction of sp³-hybridized carbons (Fsp3) is 0.591. The third kappa shape index (κ3) is 5.99. The number of carboxylic acids is 1. The van der Waals surface area contributed by atoms with Gasteiger partial charge in [0.05, 0.1) is 11.7 Å². The van der Waals surface area contributed by atoms with Crippen LogP contribution in [0, 0.1) is 51.2 Å². The van der Waals surface area contributed by atoms with Gasteiger partial charge in [0.25, 0.3) is 0 Å². The number of aliphatic carboxylic acids is 1. The molecule has 0 aromatic heterocycles. The summed E-state index contributed by atoms with van der Waals surface area (Å²) >= 11 is 0. The molecular formula is C44H60N4O7. The Hall–Kier alpha value is -3.90. The van der Waals surface area contributed by atoms with E-state index in [9.17, 15) is 30.0 Å². The molecule has 0 heterocycles. The van der Waals surface area contributed by atoms with Crippen molar-refractivity contribution in [1.82, 2.24) is 5.32 Å². The molecule has 5 aliphatic rings. The highest BCUT2D eigenvalue weighted by Gasteiger charge is 2.78. The number of carbonyl (C=O) groups excluding carboxylic acids is 2. The van der Waals surface area contributed by atoms with Crippen molar-refractivity contribution in [1.29, 1.82) is 0 Å². The third-order valence-corrected chi connectivity index (χ3v) is 15.2. The number of hydrogen-bond acceptors (Lipinski definition) is 8. The molecule has 0 radical (unpaired) electrons. The number of fused-ring (bicyclic) bond motifs is 2. The Morgan fingerprint density at radius 3 is 2.36 bits per heavy atom. The van der Waals surface area contributed by atoms with E-state index < -0.39 is 74.5 Å². The van der Waals surface area contributed by atoms with Crippen molar-refractivity contribution in [2.45, 2.75) is 91.0 Å². The van der Waals surface area contributed by atoms with Gasteiger partial charge in [-0.2, -0.15) is 0 Å². The summed E-state index contributed by atoms with van der Waals surface area (Å²) in [5.74, 6) is -3.90. The van der Waals surface area contributed by atoms with Crippen LogP contribution in [0.5, 0.6) is 0 Å². The molecule has 5 aliphatic carbocycles. The number of allylic oxidation sites excluding steroid dienone is 1. The van der Waals surface area contributed by atoms with E-state index >= 15 is 4.79 Å². The zero-order valence-electron chi connectivity index (χ0n) is 33.3. The number of ketones is 2. The molecule has 11 nitrogen and oxygen atoms in total. The lowest BCUT2D eigenvalue weighted by atomic mass is 9.36. The summed E-state index contributed by atoms with van der Waals surface area (Å²) in [6, 6.07) is 9.78.